The molecule has 0 saturated carbocycles. The summed E-state index contributed by atoms with van der Waals surface area (Å²) in [4.78, 5) is 26.0. The Kier molecular flexibility index (Phi) is 2.97. The number of rotatable bonds is 2. The zero-order valence-corrected chi connectivity index (χ0v) is 12.5. The minimum absolute atomic E-state index is 0.0567. The minimum atomic E-state index is -0.0699. The fourth-order valence-corrected chi connectivity index (χ4v) is 2.94. The van der Waals surface area contributed by atoms with E-state index >= 15 is 0 Å². The molecule has 0 saturated heterocycles. The van der Waals surface area contributed by atoms with Gasteiger partial charge in [0, 0.05) is 24.6 Å². The lowest BCUT2D eigenvalue weighted by Crippen LogP contribution is -2.36. The van der Waals surface area contributed by atoms with E-state index in [9.17, 15) is 9.59 Å². The number of carbonyl (C=O) groups excluding carboxylic acids is 2. The van der Waals surface area contributed by atoms with E-state index in [2.05, 4.69) is 25.6 Å². The van der Waals surface area contributed by atoms with E-state index in [-0.39, 0.29) is 11.7 Å². The van der Waals surface area contributed by atoms with Crippen LogP contribution in [0.4, 0.5) is 0 Å². The topological polar surface area (TPSA) is 108 Å². The van der Waals surface area contributed by atoms with Crippen LogP contribution in [0, 0.1) is 0 Å². The van der Waals surface area contributed by atoms with E-state index in [1.165, 1.54) is 6.92 Å². The molecule has 0 spiro atoms. The van der Waals surface area contributed by atoms with Crippen LogP contribution in [-0.4, -0.2) is 48.7 Å². The molecular weight excluding hydrogens is 296 g/mol. The number of nitrogens with zero attached hydrogens (tertiary/aromatic N) is 4. The van der Waals surface area contributed by atoms with Gasteiger partial charge in [0.15, 0.2) is 5.78 Å². The van der Waals surface area contributed by atoms with Crippen molar-refractivity contribution in [2.45, 2.75) is 19.9 Å². The Hall–Kier alpha value is -3.03. The van der Waals surface area contributed by atoms with Crippen molar-refractivity contribution in [3.8, 4) is 0 Å². The van der Waals surface area contributed by atoms with Gasteiger partial charge in [-0.15, -0.1) is 0 Å². The van der Waals surface area contributed by atoms with Crippen molar-refractivity contribution >= 4 is 22.7 Å². The monoisotopic (exact) mass is 310 g/mol. The van der Waals surface area contributed by atoms with Crippen molar-refractivity contribution in [1.29, 1.82) is 0 Å². The van der Waals surface area contributed by atoms with Gasteiger partial charge in [-0.25, -0.2) is 0 Å². The maximum atomic E-state index is 12.7. The first kappa shape index (κ1) is 13.6. The third kappa shape index (κ3) is 2.19. The predicted molar refractivity (Wildman–Crippen MR) is 80.9 cm³/mol. The number of nitrogens with one attached hydrogen (secondary N) is 2. The van der Waals surface area contributed by atoms with Gasteiger partial charge in [-0.05, 0) is 24.6 Å². The fraction of sp³-hybridized carbons (Fsp3) is 0.267. The Morgan fingerprint density at radius 2 is 2.00 bits per heavy atom. The van der Waals surface area contributed by atoms with E-state index in [4.69, 9.17) is 0 Å². The van der Waals surface area contributed by atoms with Crippen molar-refractivity contribution in [2.24, 2.45) is 0 Å². The number of carbonyl (C=O) groups is 2. The lowest BCUT2D eigenvalue weighted by molar-refractivity contribution is 0.0732. The number of H-pyrrole nitrogens is 2. The van der Waals surface area contributed by atoms with Crippen LogP contribution in [0.5, 0.6) is 0 Å². The highest BCUT2D eigenvalue weighted by atomic mass is 16.2. The molecule has 1 aromatic carbocycles. The van der Waals surface area contributed by atoms with Crippen LogP contribution >= 0.6 is 0 Å². The summed E-state index contributed by atoms with van der Waals surface area (Å²) < 4.78 is 0. The van der Waals surface area contributed by atoms with Gasteiger partial charge in [-0.2, -0.15) is 20.5 Å². The number of aromatic nitrogens is 5. The molecule has 1 aliphatic heterocycles. The van der Waals surface area contributed by atoms with Crippen LogP contribution in [0.3, 0.4) is 0 Å². The van der Waals surface area contributed by atoms with Gasteiger partial charge in [0.1, 0.15) is 16.7 Å². The number of hydrogen-bond acceptors (Lipinski definition) is 5. The molecule has 0 unspecified atom stereocenters. The van der Waals surface area contributed by atoms with Crippen LogP contribution in [0.2, 0.25) is 0 Å². The van der Waals surface area contributed by atoms with Crippen molar-refractivity contribution in [1.82, 2.24) is 30.5 Å². The number of amides is 1. The summed E-state index contributed by atoms with van der Waals surface area (Å²) in [5.74, 6) is -0.127. The molecule has 3 heterocycles. The Labute approximate surface area is 130 Å². The largest absolute Gasteiger partial charge is 0.332 e. The SMILES string of the molecule is CC(=O)c1n[nH]c2c1CCN(C(=O)c1ccc3n[nH]nc3c1)C2. The van der Waals surface area contributed by atoms with Crippen LogP contribution in [-0.2, 0) is 13.0 Å². The first-order valence-corrected chi connectivity index (χ1v) is 7.30. The molecule has 0 atom stereocenters. The van der Waals surface area contributed by atoms with Gasteiger partial charge in [0.05, 0.1) is 12.2 Å². The molecule has 1 aliphatic rings. The second-order valence-corrected chi connectivity index (χ2v) is 5.59. The lowest BCUT2D eigenvalue weighted by atomic mass is 10.0. The molecular formula is C15H14N6O2. The average Bonchev–Trinajstić information content (AvgIpc) is 3.19. The third-order valence-electron chi connectivity index (χ3n) is 4.12. The van der Waals surface area contributed by atoms with Gasteiger partial charge in [-0.1, -0.05) is 0 Å². The molecule has 0 bridgehead atoms. The van der Waals surface area contributed by atoms with Crippen LogP contribution < -0.4 is 0 Å². The van der Waals surface area contributed by atoms with Gasteiger partial charge in [-0.3, -0.25) is 14.7 Å². The quantitative estimate of drug-likeness (QED) is 0.689. The molecule has 23 heavy (non-hydrogen) atoms. The zero-order chi connectivity index (χ0) is 16.0. The van der Waals surface area contributed by atoms with Gasteiger partial charge in [0.25, 0.3) is 5.91 Å². The fourth-order valence-electron chi connectivity index (χ4n) is 2.94. The summed E-state index contributed by atoms with van der Waals surface area (Å²) in [6.07, 6.45) is 0.624. The first-order chi connectivity index (χ1) is 11.1. The second kappa shape index (κ2) is 5.01. The molecule has 0 fully saturated rings. The molecule has 0 radical (unpaired) electrons. The smallest absolute Gasteiger partial charge is 0.254 e. The van der Waals surface area contributed by atoms with Crippen LogP contribution in [0.1, 0.15) is 39.0 Å². The van der Waals surface area contributed by atoms with E-state index in [0.29, 0.717) is 36.3 Å². The molecule has 3 aromatic rings. The summed E-state index contributed by atoms with van der Waals surface area (Å²) >= 11 is 0. The van der Waals surface area contributed by atoms with Crippen molar-refractivity contribution in [2.75, 3.05) is 6.54 Å². The van der Waals surface area contributed by atoms with E-state index < -0.39 is 0 Å². The highest BCUT2D eigenvalue weighted by molar-refractivity contribution is 5.97. The molecule has 116 valence electrons. The Morgan fingerprint density at radius 3 is 2.83 bits per heavy atom. The number of benzene rings is 1. The molecule has 2 N–H and O–H groups in total. The molecule has 8 nitrogen and oxygen atoms in total. The maximum Gasteiger partial charge on any atom is 0.254 e. The summed E-state index contributed by atoms with van der Waals surface area (Å²) in [7, 11) is 0. The number of hydrogen-bond donors (Lipinski definition) is 2. The highest BCUT2D eigenvalue weighted by Crippen LogP contribution is 2.22. The summed E-state index contributed by atoms with van der Waals surface area (Å²) in [6, 6.07) is 5.24. The Bertz CT molecular complexity index is 925. The molecule has 4 rings (SSSR count). The first-order valence-electron chi connectivity index (χ1n) is 7.30. The predicted octanol–water partition coefficient (Wildman–Crippen LogP) is 1.08. The number of aromatic amines is 2. The Morgan fingerprint density at radius 1 is 1.17 bits per heavy atom. The van der Waals surface area contributed by atoms with E-state index in [1.54, 1.807) is 23.1 Å². The van der Waals surface area contributed by atoms with Gasteiger partial charge in [0.2, 0.25) is 0 Å². The lowest BCUT2D eigenvalue weighted by Gasteiger charge is -2.26. The van der Waals surface area contributed by atoms with Crippen LogP contribution in [0.15, 0.2) is 18.2 Å². The summed E-state index contributed by atoms with van der Waals surface area (Å²) in [5, 5.41) is 17.5. The summed E-state index contributed by atoms with van der Waals surface area (Å²) in [5.41, 5.74) is 4.19. The standard InChI is InChI=1S/C15H14N6O2/c1-8(22)14-10-4-5-21(7-13(10)16-19-14)15(23)9-2-3-11-12(6-9)18-20-17-11/h2-3,6H,4-5,7H2,1H3,(H,16,19)(H,17,18,20). The zero-order valence-electron chi connectivity index (χ0n) is 12.5. The maximum absolute atomic E-state index is 12.7. The van der Waals surface area contributed by atoms with E-state index in [0.717, 1.165) is 16.8 Å². The second-order valence-electron chi connectivity index (χ2n) is 5.59. The third-order valence-corrected chi connectivity index (χ3v) is 4.12. The van der Waals surface area contributed by atoms with Crippen molar-refractivity contribution < 1.29 is 9.59 Å². The highest BCUT2D eigenvalue weighted by Gasteiger charge is 2.27. The minimum Gasteiger partial charge on any atom is -0.332 e. The van der Waals surface area contributed by atoms with E-state index in [1.807, 2.05) is 0 Å². The van der Waals surface area contributed by atoms with Crippen molar-refractivity contribution in [3.05, 3.63) is 40.7 Å². The summed E-state index contributed by atoms with van der Waals surface area (Å²) in [6.45, 7) is 2.48. The van der Waals surface area contributed by atoms with Crippen LogP contribution in [0.25, 0.3) is 11.0 Å². The molecule has 1 amide bonds. The average molecular weight is 310 g/mol. The Balaban J connectivity index is 1.61. The normalized spacial score (nSPS) is 14.0. The number of fused-ring (bicyclic) bond motifs is 2. The van der Waals surface area contributed by atoms with Crippen molar-refractivity contribution in [3.63, 3.8) is 0 Å². The molecule has 0 aliphatic carbocycles. The van der Waals surface area contributed by atoms with Gasteiger partial charge >= 0.3 is 0 Å². The molecule has 2 aromatic heterocycles. The van der Waals surface area contributed by atoms with Gasteiger partial charge < -0.3 is 4.90 Å². The molecule has 8 heteroatoms. The number of Topliss-reactive ketones (excluding diaryl/α,β-unsaturated/α-hetero) is 1. The number of ketones is 1.